The van der Waals surface area contributed by atoms with E-state index >= 15 is 0 Å². The maximum absolute atomic E-state index is 13.4. The van der Waals surface area contributed by atoms with Gasteiger partial charge < -0.3 is 10.5 Å². The third kappa shape index (κ3) is 4.64. The highest BCUT2D eigenvalue weighted by Crippen LogP contribution is 2.35. The third-order valence-corrected chi connectivity index (χ3v) is 4.70. The van der Waals surface area contributed by atoms with Crippen LogP contribution in [-0.4, -0.2) is 16.7 Å². The molecule has 2 aromatic rings. The predicted molar refractivity (Wildman–Crippen MR) is 91.9 cm³/mol. The molecule has 0 radical (unpaired) electrons. The number of anilines is 1. The molecular weight excluding hydrogens is 386 g/mol. The fourth-order valence-electron chi connectivity index (χ4n) is 1.55. The molecule has 0 aliphatic rings. The molecule has 9 heteroatoms. The van der Waals surface area contributed by atoms with Crippen molar-refractivity contribution in [3.05, 3.63) is 50.8 Å². The van der Waals surface area contributed by atoms with E-state index in [9.17, 15) is 9.18 Å². The van der Waals surface area contributed by atoms with Crippen LogP contribution >= 0.6 is 46.6 Å². The number of carbonyl (C=O) groups is 1. The normalized spacial score (nSPS) is 10.6. The first-order valence-corrected chi connectivity index (χ1v) is 8.34. The molecule has 122 valence electrons. The molecule has 0 saturated carbocycles. The summed E-state index contributed by atoms with van der Waals surface area (Å²) in [5.74, 6) is -0.905. The molecule has 2 N–H and O–H groups in total. The zero-order chi connectivity index (χ0) is 17.0. The number of hydrogen-bond donors (Lipinski definition) is 1. The fraction of sp³-hybridized carbons (Fsp3) is 0.143. The molecule has 0 spiro atoms. The number of nitrogens with zero attached hydrogens (tertiary/aromatic N) is 1. The van der Waals surface area contributed by atoms with Crippen LogP contribution in [0.3, 0.4) is 0 Å². The molecule has 1 aromatic carbocycles. The van der Waals surface area contributed by atoms with E-state index in [-0.39, 0.29) is 33.3 Å². The number of pyridine rings is 1. The number of benzene rings is 1. The van der Waals surface area contributed by atoms with Crippen molar-refractivity contribution in [2.24, 2.45) is 0 Å². The number of carbonyl (C=O) groups excluding carboxylic acids is 1. The Bertz CT molecular complexity index is 746. The number of ether oxygens (including phenoxy) is 1. The smallest absolute Gasteiger partial charge is 0.238 e. The van der Waals surface area contributed by atoms with Gasteiger partial charge in [-0.1, -0.05) is 64.8 Å². The van der Waals surface area contributed by atoms with Gasteiger partial charge in [0.2, 0.25) is 16.9 Å². The van der Waals surface area contributed by atoms with E-state index in [1.807, 2.05) is 12.1 Å². The van der Waals surface area contributed by atoms with Crippen molar-refractivity contribution < 1.29 is 13.9 Å². The summed E-state index contributed by atoms with van der Waals surface area (Å²) in [4.78, 5) is 15.2. The topological polar surface area (TPSA) is 65.2 Å². The summed E-state index contributed by atoms with van der Waals surface area (Å²) in [6, 6.07) is 7.18. The highest BCUT2D eigenvalue weighted by molar-refractivity contribution is 8.13. The second kappa shape index (κ2) is 8.06. The zero-order valence-corrected chi connectivity index (χ0v) is 14.6. The van der Waals surface area contributed by atoms with Gasteiger partial charge in [-0.25, -0.2) is 0 Å². The third-order valence-electron chi connectivity index (χ3n) is 2.71. The molecule has 23 heavy (non-hydrogen) atoms. The summed E-state index contributed by atoms with van der Waals surface area (Å²) in [7, 11) is 0. The van der Waals surface area contributed by atoms with Crippen LogP contribution in [0.25, 0.3) is 0 Å². The van der Waals surface area contributed by atoms with Crippen LogP contribution < -0.4 is 10.5 Å². The number of halogens is 4. The minimum absolute atomic E-state index is 0.139. The van der Waals surface area contributed by atoms with E-state index in [0.29, 0.717) is 10.8 Å². The lowest BCUT2D eigenvalue weighted by molar-refractivity contribution is -0.112. The number of thioether (sulfide) groups is 1. The molecule has 2 rings (SSSR count). The van der Waals surface area contributed by atoms with Gasteiger partial charge in [-0.05, 0) is 11.6 Å². The van der Waals surface area contributed by atoms with Crippen molar-refractivity contribution in [1.29, 1.82) is 0 Å². The van der Waals surface area contributed by atoms with Gasteiger partial charge >= 0.3 is 0 Å². The van der Waals surface area contributed by atoms with Crippen LogP contribution in [0.15, 0.2) is 24.3 Å². The molecule has 4 nitrogen and oxygen atoms in total. The van der Waals surface area contributed by atoms with Gasteiger partial charge in [-0.2, -0.15) is 9.37 Å². The molecule has 1 heterocycles. The van der Waals surface area contributed by atoms with Crippen LogP contribution in [0, 0.1) is 5.95 Å². The number of nitrogens with two attached hydrogens (primary N) is 1. The zero-order valence-electron chi connectivity index (χ0n) is 11.5. The second-order valence-corrected chi connectivity index (χ2v) is 6.49. The first kappa shape index (κ1) is 18.1. The summed E-state index contributed by atoms with van der Waals surface area (Å²) in [6.07, 6.45) is 0. The molecule has 0 aliphatic carbocycles. The molecule has 0 unspecified atom stereocenters. The molecule has 0 saturated heterocycles. The Balaban J connectivity index is 1.94. The van der Waals surface area contributed by atoms with E-state index in [2.05, 4.69) is 4.98 Å². The van der Waals surface area contributed by atoms with Crippen LogP contribution in [0.1, 0.15) is 5.56 Å². The summed E-state index contributed by atoms with van der Waals surface area (Å²) >= 11 is 18.4. The predicted octanol–water partition coefficient (Wildman–Crippen LogP) is 4.60. The Hall–Kier alpha value is -1.21. The molecule has 0 aliphatic heterocycles. The van der Waals surface area contributed by atoms with Crippen molar-refractivity contribution in [1.82, 2.24) is 4.98 Å². The van der Waals surface area contributed by atoms with Gasteiger partial charge in [0.1, 0.15) is 10.0 Å². The Morgan fingerprint density at radius 2 is 1.96 bits per heavy atom. The molecular formula is C14H10Cl3FN2O2S. The lowest BCUT2D eigenvalue weighted by Crippen LogP contribution is -2.10. The quantitative estimate of drug-likeness (QED) is 0.749. The largest absolute Gasteiger partial charge is 0.467 e. The SMILES string of the molecule is Nc1c(Cl)c(F)nc(OCC(=O)SCc2ccccc2Cl)c1Cl. The molecule has 0 amide bonds. The first-order chi connectivity index (χ1) is 10.9. The van der Waals surface area contributed by atoms with E-state index in [0.717, 1.165) is 17.3 Å². The van der Waals surface area contributed by atoms with Gasteiger partial charge in [0, 0.05) is 10.8 Å². The lowest BCUT2D eigenvalue weighted by Gasteiger charge is -2.09. The molecule has 0 atom stereocenters. The van der Waals surface area contributed by atoms with Crippen molar-refractivity contribution in [3.63, 3.8) is 0 Å². The molecule has 0 fully saturated rings. The van der Waals surface area contributed by atoms with Crippen molar-refractivity contribution in [2.75, 3.05) is 12.3 Å². The van der Waals surface area contributed by atoms with Crippen LogP contribution in [-0.2, 0) is 10.5 Å². The molecule has 1 aromatic heterocycles. The van der Waals surface area contributed by atoms with E-state index in [4.69, 9.17) is 45.3 Å². The first-order valence-electron chi connectivity index (χ1n) is 6.22. The minimum Gasteiger partial charge on any atom is -0.467 e. The Kier molecular flexibility index (Phi) is 6.35. The van der Waals surface area contributed by atoms with Crippen LogP contribution in [0.2, 0.25) is 15.1 Å². The number of hydrogen-bond acceptors (Lipinski definition) is 5. The average Bonchev–Trinajstić information content (AvgIpc) is 2.54. The summed E-state index contributed by atoms with van der Waals surface area (Å²) in [5.41, 5.74) is 6.15. The summed E-state index contributed by atoms with van der Waals surface area (Å²) < 4.78 is 18.5. The lowest BCUT2D eigenvalue weighted by atomic mass is 10.2. The Morgan fingerprint density at radius 1 is 1.26 bits per heavy atom. The van der Waals surface area contributed by atoms with Crippen LogP contribution in [0.4, 0.5) is 10.1 Å². The average molecular weight is 396 g/mol. The van der Waals surface area contributed by atoms with E-state index < -0.39 is 5.95 Å². The van der Waals surface area contributed by atoms with Crippen molar-refractivity contribution in [2.45, 2.75) is 5.75 Å². The highest BCUT2D eigenvalue weighted by atomic mass is 35.5. The monoisotopic (exact) mass is 394 g/mol. The van der Waals surface area contributed by atoms with Crippen molar-refractivity contribution >= 4 is 57.4 Å². The van der Waals surface area contributed by atoms with Gasteiger partial charge in [-0.15, -0.1) is 0 Å². The standard InChI is InChI=1S/C14H10Cl3FN2O2S/c15-8-4-2-1-3-7(8)6-23-9(21)5-22-14-11(17)12(19)10(16)13(18)20-14/h1-4H,5-6H2,(H2,19,20). The van der Waals surface area contributed by atoms with E-state index in [1.165, 1.54) is 0 Å². The van der Waals surface area contributed by atoms with Crippen LogP contribution in [0.5, 0.6) is 5.88 Å². The van der Waals surface area contributed by atoms with Crippen molar-refractivity contribution in [3.8, 4) is 5.88 Å². The number of rotatable bonds is 5. The second-order valence-electron chi connectivity index (χ2n) is 4.29. The maximum Gasteiger partial charge on any atom is 0.238 e. The number of nitrogen functional groups attached to an aromatic ring is 1. The molecule has 0 bridgehead atoms. The minimum atomic E-state index is -1.01. The number of aromatic nitrogens is 1. The summed E-state index contributed by atoms with van der Waals surface area (Å²) in [6.45, 7) is -0.345. The Morgan fingerprint density at radius 3 is 2.65 bits per heavy atom. The van der Waals surface area contributed by atoms with Gasteiger partial charge in [-0.3, -0.25) is 4.79 Å². The van der Waals surface area contributed by atoms with Gasteiger partial charge in [0.15, 0.2) is 6.61 Å². The van der Waals surface area contributed by atoms with Gasteiger partial charge in [0.05, 0.1) is 5.69 Å². The fourth-order valence-corrected chi connectivity index (χ4v) is 2.92. The Labute approximate surface area is 151 Å². The summed E-state index contributed by atoms with van der Waals surface area (Å²) in [5, 5.41) is -0.246. The maximum atomic E-state index is 13.4. The van der Waals surface area contributed by atoms with E-state index in [1.54, 1.807) is 12.1 Å². The van der Waals surface area contributed by atoms with Gasteiger partial charge in [0.25, 0.3) is 0 Å². The highest BCUT2D eigenvalue weighted by Gasteiger charge is 2.17.